The molecule has 10 heavy (non-hydrogen) atoms. The van der Waals surface area contributed by atoms with Crippen LogP contribution in [-0.4, -0.2) is 5.24 Å². The Kier molecular flexibility index (Phi) is 2.89. The highest BCUT2D eigenvalue weighted by molar-refractivity contribution is 9.08. The molecule has 0 aromatic carbocycles. The van der Waals surface area contributed by atoms with Crippen molar-refractivity contribution in [3.05, 3.63) is 21.9 Å². The Labute approximate surface area is 76.1 Å². The molecule has 0 radical (unpaired) electrons. The monoisotopic (exact) mass is 238 g/mol. The third-order valence-corrected chi connectivity index (χ3v) is 2.93. The lowest BCUT2D eigenvalue weighted by molar-refractivity contribution is 0.108. The minimum atomic E-state index is -0.371. The van der Waals surface area contributed by atoms with E-state index in [1.807, 2.05) is 11.4 Å². The Morgan fingerprint density at radius 1 is 1.80 bits per heavy atom. The molecule has 1 rings (SSSR count). The van der Waals surface area contributed by atoms with Crippen LogP contribution in [0, 0.1) is 0 Å². The lowest BCUT2D eigenvalue weighted by atomic mass is 10.3. The molecule has 1 nitrogen and oxygen atoms in total. The molecule has 1 aromatic rings. The van der Waals surface area contributed by atoms with E-state index in [0.29, 0.717) is 10.2 Å². The molecule has 54 valence electrons. The minimum absolute atomic E-state index is 0.371. The fourth-order valence-electron chi connectivity index (χ4n) is 0.613. The largest absolute Gasteiger partial charge is 0.275 e. The predicted molar refractivity (Wildman–Crippen MR) is 47.1 cm³/mol. The van der Waals surface area contributed by atoms with Gasteiger partial charge in [0.1, 0.15) is 0 Å². The zero-order valence-electron chi connectivity index (χ0n) is 4.93. The van der Waals surface area contributed by atoms with E-state index in [1.165, 1.54) is 11.3 Å². The van der Waals surface area contributed by atoms with Crippen molar-refractivity contribution >= 4 is 44.1 Å². The summed E-state index contributed by atoms with van der Waals surface area (Å²) in [5.41, 5.74) is 0.963. The third kappa shape index (κ3) is 1.59. The van der Waals surface area contributed by atoms with Crippen molar-refractivity contribution in [2.75, 3.05) is 0 Å². The summed E-state index contributed by atoms with van der Waals surface area (Å²) < 4.78 is 0. The summed E-state index contributed by atoms with van der Waals surface area (Å²) >= 11 is 9.90. The topological polar surface area (TPSA) is 17.1 Å². The number of carbonyl (C=O) groups is 1. The van der Waals surface area contributed by atoms with E-state index in [0.717, 1.165) is 5.56 Å². The van der Waals surface area contributed by atoms with E-state index in [9.17, 15) is 4.79 Å². The van der Waals surface area contributed by atoms with Gasteiger partial charge in [0, 0.05) is 5.33 Å². The molecule has 0 amide bonds. The van der Waals surface area contributed by atoms with Crippen molar-refractivity contribution in [1.82, 2.24) is 0 Å². The van der Waals surface area contributed by atoms with Crippen molar-refractivity contribution in [3.63, 3.8) is 0 Å². The van der Waals surface area contributed by atoms with Crippen LogP contribution >= 0.6 is 38.9 Å². The second kappa shape index (κ2) is 3.51. The van der Waals surface area contributed by atoms with Gasteiger partial charge in [-0.2, -0.15) is 0 Å². The summed E-state index contributed by atoms with van der Waals surface area (Å²) in [6.07, 6.45) is 0. The number of thiophene rings is 1. The molecule has 0 N–H and O–H groups in total. The lowest BCUT2D eigenvalue weighted by Crippen LogP contribution is -1.87. The van der Waals surface area contributed by atoms with Crippen molar-refractivity contribution < 1.29 is 4.79 Å². The van der Waals surface area contributed by atoms with Crippen LogP contribution in [0.1, 0.15) is 15.2 Å². The van der Waals surface area contributed by atoms with Crippen LogP contribution in [-0.2, 0) is 5.33 Å². The van der Waals surface area contributed by atoms with E-state index < -0.39 is 0 Å². The van der Waals surface area contributed by atoms with Gasteiger partial charge in [-0.15, -0.1) is 11.3 Å². The second-order valence-corrected chi connectivity index (χ2v) is 3.50. The quantitative estimate of drug-likeness (QED) is 0.573. The van der Waals surface area contributed by atoms with E-state index in [1.54, 1.807) is 0 Å². The van der Waals surface area contributed by atoms with Crippen LogP contribution in [0.3, 0.4) is 0 Å². The van der Waals surface area contributed by atoms with Crippen molar-refractivity contribution in [2.24, 2.45) is 0 Å². The highest BCUT2D eigenvalue weighted by atomic mass is 79.9. The molecule has 0 saturated heterocycles. The number of hydrogen-bond acceptors (Lipinski definition) is 2. The van der Waals surface area contributed by atoms with Gasteiger partial charge in [-0.25, -0.2) is 0 Å². The average molecular weight is 240 g/mol. The minimum Gasteiger partial charge on any atom is -0.275 e. The maximum Gasteiger partial charge on any atom is 0.262 e. The van der Waals surface area contributed by atoms with Crippen LogP contribution in [0.5, 0.6) is 0 Å². The van der Waals surface area contributed by atoms with E-state index >= 15 is 0 Å². The molecule has 0 spiro atoms. The first kappa shape index (κ1) is 8.24. The third-order valence-electron chi connectivity index (χ3n) is 1.07. The summed E-state index contributed by atoms with van der Waals surface area (Å²) in [6, 6.07) is 1.88. The number of halogens is 2. The Morgan fingerprint density at radius 3 is 2.90 bits per heavy atom. The highest BCUT2D eigenvalue weighted by Crippen LogP contribution is 2.20. The number of hydrogen-bond donors (Lipinski definition) is 0. The molecular weight excluding hydrogens is 235 g/mol. The first-order chi connectivity index (χ1) is 4.75. The zero-order chi connectivity index (χ0) is 7.56. The van der Waals surface area contributed by atoms with E-state index in [4.69, 9.17) is 11.6 Å². The van der Waals surface area contributed by atoms with Crippen molar-refractivity contribution in [1.29, 1.82) is 0 Å². The fraction of sp³-hybridized carbons (Fsp3) is 0.167. The molecule has 1 heterocycles. The van der Waals surface area contributed by atoms with Crippen LogP contribution in [0.25, 0.3) is 0 Å². The summed E-state index contributed by atoms with van der Waals surface area (Å²) in [4.78, 5) is 11.3. The number of rotatable bonds is 2. The van der Waals surface area contributed by atoms with Gasteiger partial charge in [0.2, 0.25) is 0 Å². The van der Waals surface area contributed by atoms with Gasteiger partial charge in [-0.3, -0.25) is 4.79 Å². The Hall–Kier alpha value is 0.140. The SMILES string of the molecule is O=C(Cl)c1sccc1CBr. The van der Waals surface area contributed by atoms with E-state index in [-0.39, 0.29) is 5.24 Å². The summed E-state index contributed by atoms with van der Waals surface area (Å²) in [5.74, 6) is 0. The smallest absolute Gasteiger partial charge is 0.262 e. The molecule has 0 saturated carbocycles. The second-order valence-electron chi connectivity index (χ2n) is 1.68. The molecule has 0 aliphatic carbocycles. The standard InChI is InChI=1S/C6H4BrClOS/c7-3-4-1-2-10-5(4)6(8)9/h1-2H,3H2. The molecule has 0 atom stereocenters. The molecule has 1 aromatic heterocycles. The van der Waals surface area contributed by atoms with Gasteiger partial charge in [0.25, 0.3) is 5.24 Å². The van der Waals surface area contributed by atoms with Gasteiger partial charge in [-0.1, -0.05) is 15.9 Å². The van der Waals surface area contributed by atoms with Crippen LogP contribution in [0.2, 0.25) is 0 Å². The first-order valence-electron chi connectivity index (χ1n) is 2.58. The summed E-state index contributed by atoms with van der Waals surface area (Å²) in [5, 5.41) is 2.17. The molecular formula is C6H4BrClOS. The zero-order valence-corrected chi connectivity index (χ0v) is 8.09. The van der Waals surface area contributed by atoms with E-state index in [2.05, 4.69) is 15.9 Å². The molecule has 0 bridgehead atoms. The highest BCUT2D eigenvalue weighted by Gasteiger charge is 2.08. The number of alkyl halides is 1. The molecule has 0 unspecified atom stereocenters. The normalized spacial score (nSPS) is 9.80. The maximum absolute atomic E-state index is 10.6. The summed E-state index contributed by atoms with van der Waals surface area (Å²) in [7, 11) is 0. The van der Waals surface area contributed by atoms with Gasteiger partial charge < -0.3 is 0 Å². The maximum atomic E-state index is 10.6. The Balaban J connectivity index is 3.01. The average Bonchev–Trinajstić information content (AvgIpc) is 2.33. The van der Waals surface area contributed by atoms with Crippen LogP contribution in [0.15, 0.2) is 11.4 Å². The lowest BCUT2D eigenvalue weighted by Gasteiger charge is -1.89. The Bertz CT molecular complexity index is 246. The van der Waals surface area contributed by atoms with Gasteiger partial charge >= 0.3 is 0 Å². The predicted octanol–water partition coefficient (Wildman–Crippen LogP) is 3.02. The molecule has 0 aliphatic rings. The Morgan fingerprint density at radius 2 is 2.50 bits per heavy atom. The van der Waals surface area contributed by atoms with Gasteiger partial charge in [-0.05, 0) is 28.6 Å². The number of carbonyl (C=O) groups excluding carboxylic acids is 1. The summed E-state index contributed by atoms with van der Waals surface area (Å²) in [6.45, 7) is 0. The van der Waals surface area contributed by atoms with Crippen molar-refractivity contribution in [3.8, 4) is 0 Å². The molecule has 0 fully saturated rings. The molecule has 4 heteroatoms. The van der Waals surface area contributed by atoms with Gasteiger partial charge in [0.15, 0.2) is 0 Å². The van der Waals surface area contributed by atoms with Crippen molar-refractivity contribution in [2.45, 2.75) is 5.33 Å². The molecule has 0 aliphatic heterocycles. The first-order valence-corrected chi connectivity index (χ1v) is 4.95. The van der Waals surface area contributed by atoms with Crippen LogP contribution < -0.4 is 0 Å². The fourth-order valence-corrected chi connectivity index (χ4v) is 2.27. The van der Waals surface area contributed by atoms with Gasteiger partial charge in [0.05, 0.1) is 4.88 Å². The van der Waals surface area contributed by atoms with Crippen LogP contribution in [0.4, 0.5) is 0 Å².